The monoisotopic (exact) mass is 362 g/mol. The van der Waals surface area contributed by atoms with Crippen LogP contribution in [0, 0.1) is 0 Å². The van der Waals surface area contributed by atoms with Crippen molar-refractivity contribution >= 4 is 34.5 Å². The summed E-state index contributed by atoms with van der Waals surface area (Å²) in [5, 5.41) is 2.42. The highest BCUT2D eigenvalue weighted by Gasteiger charge is 2.35. The number of hydrogen-bond donors (Lipinski definition) is 0. The van der Waals surface area contributed by atoms with Crippen LogP contribution in [-0.2, 0) is 6.18 Å². The predicted molar refractivity (Wildman–Crippen MR) is 81.9 cm³/mol. The van der Waals surface area contributed by atoms with Crippen LogP contribution in [0.15, 0.2) is 41.9 Å². The van der Waals surface area contributed by atoms with Crippen LogP contribution in [0.4, 0.5) is 13.2 Å². The Kier molecular flexibility index (Phi) is 3.92. The summed E-state index contributed by atoms with van der Waals surface area (Å²) in [4.78, 5) is 4.32. The molecule has 0 N–H and O–H groups in total. The van der Waals surface area contributed by atoms with Crippen molar-refractivity contribution in [2.45, 2.75) is 6.18 Å². The lowest BCUT2D eigenvalue weighted by Crippen LogP contribution is -2.05. The highest BCUT2D eigenvalue weighted by Crippen LogP contribution is 2.36. The van der Waals surface area contributed by atoms with Gasteiger partial charge in [-0.25, -0.2) is 4.98 Å². The first kappa shape index (κ1) is 15.4. The summed E-state index contributed by atoms with van der Waals surface area (Å²) in [5.74, 6) is 0.173. The molecule has 0 aliphatic rings. The molecule has 3 rings (SSSR count). The van der Waals surface area contributed by atoms with Gasteiger partial charge in [0.15, 0.2) is 11.5 Å². The van der Waals surface area contributed by atoms with Gasteiger partial charge in [-0.2, -0.15) is 13.2 Å². The van der Waals surface area contributed by atoms with E-state index in [0.717, 1.165) is 6.20 Å². The summed E-state index contributed by atoms with van der Waals surface area (Å²) >= 11 is 13.3. The molecule has 0 bridgehead atoms. The molecule has 3 aromatic rings. The van der Waals surface area contributed by atoms with E-state index in [1.807, 2.05) is 0 Å². The zero-order chi connectivity index (χ0) is 15.9. The lowest BCUT2D eigenvalue weighted by Gasteiger charge is -2.09. The number of rotatable bonds is 2. The standard InChI is InChI=1S/C14H7Cl2F3N2S/c15-8-3-4-9(16)10(6-8)21-7-12(14(17,18)19)20-13(21)11-2-1-5-22-11/h1-7H. The van der Waals surface area contributed by atoms with Crippen molar-refractivity contribution in [3.05, 3.63) is 57.6 Å². The van der Waals surface area contributed by atoms with Crippen molar-refractivity contribution in [1.29, 1.82) is 0 Å². The van der Waals surface area contributed by atoms with E-state index in [9.17, 15) is 13.2 Å². The Morgan fingerprint density at radius 1 is 1.14 bits per heavy atom. The molecular weight excluding hydrogens is 356 g/mol. The number of nitrogens with zero attached hydrogens (tertiary/aromatic N) is 2. The number of thiophene rings is 1. The van der Waals surface area contributed by atoms with Crippen LogP contribution in [0.3, 0.4) is 0 Å². The van der Waals surface area contributed by atoms with Gasteiger partial charge in [-0.05, 0) is 29.6 Å². The molecule has 8 heteroatoms. The van der Waals surface area contributed by atoms with Crippen LogP contribution in [0.1, 0.15) is 5.69 Å². The van der Waals surface area contributed by atoms with Crippen LogP contribution >= 0.6 is 34.5 Å². The van der Waals surface area contributed by atoms with Gasteiger partial charge in [0.25, 0.3) is 0 Å². The minimum atomic E-state index is -4.54. The number of halogens is 5. The average molecular weight is 363 g/mol. The van der Waals surface area contributed by atoms with E-state index in [-0.39, 0.29) is 10.8 Å². The van der Waals surface area contributed by atoms with Gasteiger partial charge in [-0.15, -0.1) is 11.3 Å². The molecule has 0 radical (unpaired) electrons. The van der Waals surface area contributed by atoms with E-state index >= 15 is 0 Å². The minimum absolute atomic E-state index is 0.173. The van der Waals surface area contributed by atoms with Crippen LogP contribution in [0.25, 0.3) is 16.4 Å². The Bertz CT molecular complexity index is 810. The molecule has 0 spiro atoms. The Balaban J connectivity index is 2.26. The molecule has 2 heterocycles. The SMILES string of the molecule is FC(F)(F)c1cn(-c2cc(Cl)ccc2Cl)c(-c2cccs2)n1. The molecular formula is C14H7Cl2F3N2S. The number of alkyl halides is 3. The van der Waals surface area contributed by atoms with Crippen molar-refractivity contribution in [2.24, 2.45) is 0 Å². The van der Waals surface area contributed by atoms with Gasteiger partial charge in [0.2, 0.25) is 0 Å². The molecule has 0 aliphatic carbocycles. The van der Waals surface area contributed by atoms with Crippen molar-refractivity contribution in [2.75, 3.05) is 0 Å². The molecule has 0 saturated heterocycles. The Morgan fingerprint density at radius 3 is 2.55 bits per heavy atom. The number of hydrogen-bond acceptors (Lipinski definition) is 2. The summed E-state index contributed by atoms with van der Waals surface area (Å²) in [6, 6.07) is 8.04. The second kappa shape index (κ2) is 5.61. The maximum atomic E-state index is 13.0. The van der Waals surface area contributed by atoms with E-state index in [4.69, 9.17) is 23.2 Å². The number of benzene rings is 1. The smallest absolute Gasteiger partial charge is 0.297 e. The molecule has 114 valence electrons. The van der Waals surface area contributed by atoms with Crippen LogP contribution < -0.4 is 0 Å². The van der Waals surface area contributed by atoms with Crippen molar-refractivity contribution in [3.8, 4) is 16.4 Å². The van der Waals surface area contributed by atoms with Gasteiger partial charge in [0.1, 0.15) is 0 Å². The average Bonchev–Trinajstić information content (AvgIpc) is 3.08. The van der Waals surface area contributed by atoms with Gasteiger partial charge in [-0.1, -0.05) is 29.3 Å². The predicted octanol–water partition coefficient (Wildman–Crippen LogP) is 5.93. The third-order valence-electron chi connectivity index (χ3n) is 2.91. The third kappa shape index (κ3) is 2.86. The Labute approximate surface area is 137 Å². The van der Waals surface area contributed by atoms with Crippen LogP contribution in [-0.4, -0.2) is 9.55 Å². The lowest BCUT2D eigenvalue weighted by atomic mass is 10.3. The van der Waals surface area contributed by atoms with Crippen LogP contribution in [0.2, 0.25) is 10.0 Å². The fourth-order valence-corrected chi connectivity index (χ4v) is 3.04. The van der Waals surface area contributed by atoms with Crippen molar-refractivity contribution < 1.29 is 13.2 Å². The quantitative estimate of drug-likeness (QED) is 0.552. The maximum Gasteiger partial charge on any atom is 0.434 e. The zero-order valence-corrected chi connectivity index (χ0v) is 13.1. The lowest BCUT2D eigenvalue weighted by molar-refractivity contribution is -0.140. The first-order valence-electron chi connectivity index (χ1n) is 6.02. The van der Waals surface area contributed by atoms with E-state index in [1.165, 1.54) is 28.0 Å². The van der Waals surface area contributed by atoms with E-state index in [1.54, 1.807) is 23.6 Å². The first-order chi connectivity index (χ1) is 10.4. The molecule has 2 nitrogen and oxygen atoms in total. The van der Waals surface area contributed by atoms with Crippen molar-refractivity contribution in [1.82, 2.24) is 9.55 Å². The van der Waals surface area contributed by atoms with E-state index in [0.29, 0.717) is 15.6 Å². The largest absolute Gasteiger partial charge is 0.434 e. The highest BCUT2D eigenvalue weighted by atomic mass is 35.5. The van der Waals surface area contributed by atoms with Gasteiger partial charge in [0.05, 0.1) is 15.6 Å². The Morgan fingerprint density at radius 2 is 1.91 bits per heavy atom. The molecule has 0 aliphatic heterocycles. The maximum absolute atomic E-state index is 13.0. The fourth-order valence-electron chi connectivity index (χ4n) is 1.95. The number of aromatic nitrogens is 2. The van der Waals surface area contributed by atoms with Crippen LogP contribution in [0.5, 0.6) is 0 Å². The molecule has 22 heavy (non-hydrogen) atoms. The molecule has 0 amide bonds. The fraction of sp³-hybridized carbons (Fsp3) is 0.0714. The minimum Gasteiger partial charge on any atom is -0.297 e. The summed E-state index contributed by atoms with van der Waals surface area (Å²) in [6.45, 7) is 0. The second-order valence-electron chi connectivity index (χ2n) is 4.39. The molecule has 0 fully saturated rings. The number of imidazole rings is 1. The summed E-state index contributed by atoms with van der Waals surface area (Å²) in [7, 11) is 0. The Hall–Kier alpha value is -1.50. The summed E-state index contributed by atoms with van der Waals surface area (Å²) in [5.41, 5.74) is -0.632. The van der Waals surface area contributed by atoms with Crippen molar-refractivity contribution in [3.63, 3.8) is 0 Å². The van der Waals surface area contributed by atoms with Gasteiger partial charge < -0.3 is 0 Å². The normalized spacial score (nSPS) is 11.9. The van der Waals surface area contributed by atoms with E-state index in [2.05, 4.69) is 4.98 Å². The summed E-state index contributed by atoms with van der Waals surface area (Å²) < 4.78 is 40.3. The van der Waals surface area contributed by atoms with E-state index < -0.39 is 11.9 Å². The molecule has 0 atom stereocenters. The zero-order valence-electron chi connectivity index (χ0n) is 10.7. The second-order valence-corrected chi connectivity index (χ2v) is 6.18. The summed E-state index contributed by atoms with van der Waals surface area (Å²) in [6.07, 6.45) is -3.62. The molecule has 0 unspecified atom stereocenters. The molecule has 1 aromatic carbocycles. The van der Waals surface area contributed by atoms with Gasteiger partial charge in [-0.3, -0.25) is 4.57 Å². The third-order valence-corrected chi connectivity index (χ3v) is 4.33. The topological polar surface area (TPSA) is 17.8 Å². The molecule has 0 saturated carbocycles. The highest BCUT2D eigenvalue weighted by molar-refractivity contribution is 7.13. The molecule has 2 aromatic heterocycles. The van der Waals surface area contributed by atoms with Gasteiger partial charge >= 0.3 is 6.18 Å². The first-order valence-corrected chi connectivity index (χ1v) is 7.65. The van der Waals surface area contributed by atoms with Gasteiger partial charge in [0, 0.05) is 11.2 Å².